The largest absolute Gasteiger partial charge is 0.264 e. The molecule has 0 aliphatic carbocycles. The fourth-order valence-corrected chi connectivity index (χ4v) is 2.83. The molecule has 3 aromatic rings. The third-order valence-electron chi connectivity index (χ3n) is 3.21. The Morgan fingerprint density at radius 3 is 2.79 bits per heavy atom. The number of rotatable bonds is 1. The van der Waals surface area contributed by atoms with Gasteiger partial charge in [-0.25, -0.2) is 4.39 Å². The summed E-state index contributed by atoms with van der Waals surface area (Å²) < 4.78 is 15.1. The van der Waals surface area contributed by atoms with Gasteiger partial charge in [-0.3, -0.25) is 4.98 Å². The van der Waals surface area contributed by atoms with Gasteiger partial charge in [0.1, 0.15) is 5.82 Å². The number of fused-ring (bicyclic) bond motifs is 1. The number of halogens is 2. The first kappa shape index (κ1) is 12.3. The Kier molecular flexibility index (Phi) is 3.07. The molecule has 94 valence electrons. The molecule has 0 spiro atoms. The lowest BCUT2D eigenvalue weighted by Gasteiger charge is -2.11. The lowest BCUT2D eigenvalue weighted by molar-refractivity contribution is 0.630. The summed E-state index contributed by atoms with van der Waals surface area (Å²) in [7, 11) is 0. The van der Waals surface area contributed by atoms with Crippen molar-refractivity contribution in [3.05, 3.63) is 64.6 Å². The van der Waals surface area contributed by atoms with Gasteiger partial charge in [0.15, 0.2) is 0 Å². The van der Waals surface area contributed by atoms with Crippen LogP contribution in [0, 0.1) is 12.7 Å². The van der Waals surface area contributed by atoms with Crippen LogP contribution in [0.1, 0.15) is 5.56 Å². The van der Waals surface area contributed by atoms with Gasteiger partial charge in [-0.15, -0.1) is 0 Å². The van der Waals surface area contributed by atoms with Crippen molar-refractivity contribution in [1.29, 1.82) is 0 Å². The van der Waals surface area contributed by atoms with Crippen LogP contribution >= 0.6 is 15.9 Å². The Hall–Kier alpha value is -1.74. The van der Waals surface area contributed by atoms with Crippen LogP contribution < -0.4 is 0 Å². The van der Waals surface area contributed by atoms with E-state index < -0.39 is 0 Å². The average Bonchev–Trinajstić information content (AvgIpc) is 2.38. The van der Waals surface area contributed by atoms with Crippen LogP contribution in [-0.4, -0.2) is 4.98 Å². The summed E-state index contributed by atoms with van der Waals surface area (Å²) in [6, 6.07) is 11.0. The maximum atomic E-state index is 14.2. The Balaban J connectivity index is 2.43. The Morgan fingerprint density at radius 1 is 1.16 bits per heavy atom. The molecule has 0 fully saturated rings. The normalized spacial score (nSPS) is 10.9. The molecule has 3 heteroatoms. The van der Waals surface area contributed by atoms with Crippen LogP contribution in [0.5, 0.6) is 0 Å². The second-order valence-electron chi connectivity index (χ2n) is 4.48. The predicted octanol–water partition coefficient (Wildman–Crippen LogP) is 5.11. The molecule has 1 heterocycles. The number of aryl methyl sites for hydroxylation is 1. The Labute approximate surface area is 119 Å². The zero-order valence-corrected chi connectivity index (χ0v) is 11.9. The minimum Gasteiger partial charge on any atom is -0.264 e. The zero-order valence-electron chi connectivity index (χ0n) is 10.3. The molecule has 0 amide bonds. The first-order valence-electron chi connectivity index (χ1n) is 5.95. The van der Waals surface area contributed by atoms with E-state index in [4.69, 9.17) is 0 Å². The summed E-state index contributed by atoms with van der Waals surface area (Å²) in [6.45, 7) is 1.92. The fourth-order valence-electron chi connectivity index (χ4n) is 2.35. The smallest absolute Gasteiger partial charge is 0.131 e. The molecule has 0 atom stereocenters. The van der Waals surface area contributed by atoms with E-state index in [1.165, 1.54) is 6.07 Å². The molecular formula is C16H11BrFN. The molecule has 0 aliphatic heterocycles. The predicted molar refractivity (Wildman–Crippen MR) is 79.6 cm³/mol. The van der Waals surface area contributed by atoms with Crippen LogP contribution in [0.4, 0.5) is 4.39 Å². The SMILES string of the molecule is Cc1cccc(F)c1-c1cc(Br)cc2cnccc12. The van der Waals surface area contributed by atoms with Crippen molar-refractivity contribution in [3.8, 4) is 11.1 Å². The van der Waals surface area contributed by atoms with Crippen molar-refractivity contribution >= 4 is 26.7 Å². The molecule has 1 nitrogen and oxygen atoms in total. The molecule has 19 heavy (non-hydrogen) atoms. The van der Waals surface area contributed by atoms with Gasteiger partial charge >= 0.3 is 0 Å². The minimum atomic E-state index is -0.198. The third-order valence-corrected chi connectivity index (χ3v) is 3.67. The highest BCUT2D eigenvalue weighted by atomic mass is 79.9. The summed E-state index contributed by atoms with van der Waals surface area (Å²) in [5.74, 6) is -0.198. The number of hydrogen-bond acceptors (Lipinski definition) is 1. The third kappa shape index (κ3) is 2.15. The molecule has 0 N–H and O–H groups in total. The lowest BCUT2D eigenvalue weighted by Crippen LogP contribution is -1.90. The monoisotopic (exact) mass is 315 g/mol. The van der Waals surface area contributed by atoms with E-state index in [1.54, 1.807) is 18.5 Å². The Bertz CT molecular complexity index is 748. The molecule has 0 aliphatic rings. The molecular weight excluding hydrogens is 305 g/mol. The molecule has 0 bridgehead atoms. The van der Waals surface area contributed by atoms with Crippen molar-refractivity contribution < 1.29 is 4.39 Å². The van der Waals surface area contributed by atoms with Crippen LogP contribution in [0.25, 0.3) is 21.9 Å². The highest BCUT2D eigenvalue weighted by molar-refractivity contribution is 9.10. The summed E-state index contributed by atoms with van der Waals surface area (Å²) in [5, 5.41) is 2.00. The van der Waals surface area contributed by atoms with Gasteiger partial charge < -0.3 is 0 Å². The van der Waals surface area contributed by atoms with E-state index in [-0.39, 0.29) is 5.82 Å². The van der Waals surface area contributed by atoms with Crippen LogP contribution in [0.15, 0.2) is 53.3 Å². The molecule has 3 rings (SSSR count). The topological polar surface area (TPSA) is 12.9 Å². The molecule has 2 aromatic carbocycles. The maximum absolute atomic E-state index is 14.2. The van der Waals surface area contributed by atoms with Gasteiger partial charge in [0.25, 0.3) is 0 Å². The molecule has 0 saturated carbocycles. The van der Waals surface area contributed by atoms with E-state index in [1.807, 2.05) is 31.2 Å². The van der Waals surface area contributed by atoms with E-state index in [0.29, 0.717) is 5.56 Å². The fraction of sp³-hybridized carbons (Fsp3) is 0.0625. The van der Waals surface area contributed by atoms with Gasteiger partial charge in [0.2, 0.25) is 0 Å². The Morgan fingerprint density at radius 2 is 2.00 bits per heavy atom. The van der Waals surface area contributed by atoms with Crippen LogP contribution in [-0.2, 0) is 0 Å². The first-order valence-corrected chi connectivity index (χ1v) is 6.75. The molecule has 0 radical (unpaired) electrons. The van der Waals surface area contributed by atoms with Gasteiger partial charge in [-0.1, -0.05) is 28.1 Å². The maximum Gasteiger partial charge on any atom is 0.131 e. The van der Waals surface area contributed by atoms with E-state index in [0.717, 1.165) is 26.4 Å². The summed E-state index contributed by atoms with van der Waals surface area (Å²) in [6.07, 6.45) is 3.52. The standard InChI is InChI=1S/C16H11BrFN/c1-10-3-2-4-15(18)16(10)14-8-12(17)7-11-9-19-6-5-13(11)14/h2-9H,1H3. The van der Waals surface area contributed by atoms with Crippen molar-refractivity contribution in [1.82, 2.24) is 4.98 Å². The summed E-state index contributed by atoms with van der Waals surface area (Å²) in [4.78, 5) is 4.12. The van der Waals surface area contributed by atoms with Crippen LogP contribution in [0.3, 0.4) is 0 Å². The number of hydrogen-bond donors (Lipinski definition) is 0. The second-order valence-corrected chi connectivity index (χ2v) is 5.40. The van der Waals surface area contributed by atoms with Crippen LogP contribution in [0.2, 0.25) is 0 Å². The summed E-state index contributed by atoms with van der Waals surface area (Å²) in [5.41, 5.74) is 2.47. The van der Waals surface area contributed by atoms with Crippen molar-refractivity contribution in [2.45, 2.75) is 6.92 Å². The number of nitrogens with zero attached hydrogens (tertiary/aromatic N) is 1. The number of aromatic nitrogens is 1. The van der Waals surface area contributed by atoms with Gasteiger partial charge in [0, 0.05) is 27.8 Å². The summed E-state index contributed by atoms with van der Waals surface area (Å²) >= 11 is 3.48. The van der Waals surface area contributed by atoms with Gasteiger partial charge in [-0.2, -0.15) is 0 Å². The zero-order chi connectivity index (χ0) is 13.4. The molecule has 0 unspecified atom stereocenters. The highest BCUT2D eigenvalue weighted by Gasteiger charge is 2.12. The van der Waals surface area contributed by atoms with E-state index in [2.05, 4.69) is 20.9 Å². The lowest BCUT2D eigenvalue weighted by atomic mass is 9.95. The van der Waals surface area contributed by atoms with E-state index >= 15 is 0 Å². The second kappa shape index (κ2) is 4.74. The van der Waals surface area contributed by atoms with Gasteiger partial charge in [0.05, 0.1) is 0 Å². The molecule has 0 saturated heterocycles. The van der Waals surface area contributed by atoms with Crippen molar-refractivity contribution in [2.24, 2.45) is 0 Å². The minimum absolute atomic E-state index is 0.198. The van der Waals surface area contributed by atoms with E-state index in [9.17, 15) is 4.39 Å². The highest BCUT2D eigenvalue weighted by Crippen LogP contribution is 2.34. The number of benzene rings is 2. The van der Waals surface area contributed by atoms with Gasteiger partial charge in [-0.05, 0) is 47.7 Å². The quantitative estimate of drug-likeness (QED) is 0.608. The van der Waals surface area contributed by atoms with Crippen molar-refractivity contribution in [2.75, 3.05) is 0 Å². The number of pyridine rings is 1. The van der Waals surface area contributed by atoms with Crippen molar-refractivity contribution in [3.63, 3.8) is 0 Å². The average molecular weight is 316 g/mol. The first-order chi connectivity index (χ1) is 9.16. The molecule has 1 aromatic heterocycles.